The molecule has 0 aliphatic carbocycles. The van der Waals surface area contributed by atoms with Crippen molar-refractivity contribution in [1.82, 2.24) is 9.99 Å². The van der Waals surface area contributed by atoms with Crippen LogP contribution >= 0.6 is 15.9 Å². The summed E-state index contributed by atoms with van der Waals surface area (Å²) in [5.41, 5.74) is 5.93. The van der Waals surface area contributed by atoms with Gasteiger partial charge in [0.2, 0.25) is 0 Å². The molecule has 0 aliphatic heterocycles. The summed E-state index contributed by atoms with van der Waals surface area (Å²) in [6, 6.07) is 21.5. The monoisotopic (exact) mass is 516 g/mol. The number of nitro benzene ring substituents is 1. The summed E-state index contributed by atoms with van der Waals surface area (Å²) in [6.07, 6.45) is 3.52. The van der Waals surface area contributed by atoms with Gasteiger partial charge < -0.3 is 8.98 Å². The van der Waals surface area contributed by atoms with Crippen LogP contribution in [0.3, 0.4) is 0 Å². The molecule has 0 fully saturated rings. The van der Waals surface area contributed by atoms with Crippen LogP contribution in [-0.4, -0.2) is 21.6 Å². The van der Waals surface area contributed by atoms with Gasteiger partial charge in [-0.25, -0.2) is 5.43 Å². The lowest BCUT2D eigenvalue weighted by atomic mass is 10.2. The van der Waals surface area contributed by atoms with Crippen LogP contribution < -0.4 is 5.43 Å². The number of benzene rings is 3. The number of halogens is 1. The molecule has 1 amide bonds. The molecule has 2 heterocycles. The minimum Gasteiger partial charge on any atom is -0.451 e. The van der Waals surface area contributed by atoms with Gasteiger partial charge in [0.15, 0.2) is 5.76 Å². The molecule has 0 saturated carbocycles. The lowest BCUT2D eigenvalue weighted by Crippen LogP contribution is -2.16. The first-order chi connectivity index (χ1) is 16.5. The number of aromatic nitrogens is 1. The van der Waals surface area contributed by atoms with Crippen molar-refractivity contribution in [3.05, 3.63) is 110 Å². The predicted octanol–water partition coefficient (Wildman–Crippen LogP) is 5.87. The van der Waals surface area contributed by atoms with E-state index in [-0.39, 0.29) is 11.4 Å². The number of amides is 1. The fourth-order valence-electron chi connectivity index (χ4n) is 3.77. The number of carbonyl (C=O) groups is 1. The SMILES string of the molecule is O=C(NN=Cc1cn(Cc2ccc([N+](=O)[O-])cc2)c2ccccc12)c1cc2cc(Br)ccc2o1. The van der Waals surface area contributed by atoms with Crippen LogP contribution in [0, 0.1) is 10.1 Å². The molecule has 0 spiro atoms. The van der Waals surface area contributed by atoms with Crippen molar-refractivity contribution >= 4 is 55.6 Å². The van der Waals surface area contributed by atoms with Crippen molar-refractivity contribution in [2.45, 2.75) is 6.54 Å². The highest BCUT2D eigenvalue weighted by Gasteiger charge is 2.13. The Bertz CT molecular complexity index is 1570. The van der Waals surface area contributed by atoms with Crippen LogP contribution in [0.4, 0.5) is 5.69 Å². The van der Waals surface area contributed by atoms with Gasteiger partial charge in [0.1, 0.15) is 5.58 Å². The summed E-state index contributed by atoms with van der Waals surface area (Å²) in [5.74, 6) is -0.274. The van der Waals surface area contributed by atoms with Crippen molar-refractivity contribution in [1.29, 1.82) is 0 Å². The van der Waals surface area contributed by atoms with E-state index < -0.39 is 10.8 Å². The number of non-ortho nitro benzene ring substituents is 1. The van der Waals surface area contributed by atoms with Gasteiger partial charge in [-0.15, -0.1) is 0 Å². The second-order valence-corrected chi connectivity index (χ2v) is 8.56. The van der Waals surface area contributed by atoms with Gasteiger partial charge in [0.25, 0.3) is 5.69 Å². The molecule has 34 heavy (non-hydrogen) atoms. The number of nitrogens with one attached hydrogen (secondary N) is 1. The Morgan fingerprint density at radius 3 is 2.71 bits per heavy atom. The maximum atomic E-state index is 12.5. The second-order valence-electron chi connectivity index (χ2n) is 7.64. The zero-order valence-corrected chi connectivity index (χ0v) is 19.2. The average molecular weight is 517 g/mol. The van der Waals surface area contributed by atoms with Crippen molar-refractivity contribution in [3.8, 4) is 0 Å². The molecular formula is C25H17BrN4O4. The Hall–Kier alpha value is -4.24. The van der Waals surface area contributed by atoms with Crippen LogP contribution in [-0.2, 0) is 6.54 Å². The number of hydrogen-bond acceptors (Lipinski definition) is 5. The van der Waals surface area contributed by atoms with Gasteiger partial charge >= 0.3 is 5.91 Å². The number of para-hydroxylation sites is 1. The van der Waals surface area contributed by atoms with Gasteiger partial charge in [-0.05, 0) is 35.9 Å². The van der Waals surface area contributed by atoms with Crippen LogP contribution in [0.25, 0.3) is 21.9 Å². The van der Waals surface area contributed by atoms with E-state index >= 15 is 0 Å². The molecule has 1 N–H and O–H groups in total. The predicted molar refractivity (Wildman–Crippen MR) is 133 cm³/mol. The number of fused-ring (bicyclic) bond motifs is 2. The maximum absolute atomic E-state index is 12.5. The Morgan fingerprint density at radius 1 is 1.12 bits per heavy atom. The first kappa shape index (κ1) is 21.6. The Labute approximate surface area is 201 Å². The molecule has 9 heteroatoms. The van der Waals surface area contributed by atoms with Gasteiger partial charge in [-0.1, -0.05) is 46.3 Å². The molecule has 8 nitrogen and oxygen atoms in total. The third-order valence-corrected chi connectivity index (χ3v) is 5.88. The highest BCUT2D eigenvalue weighted by molar-refractivity contribution is 9.10. The van der Waals surface area contributed by atoms with E-state index in [1.165, 1.54) is 12.1 Å². The van der Waals surface area contributed by atoms with E-state index in [0.29, 0.717) is 12.1 Å². The molecule has 5 rings (SSSR count). The molecule has 0 radical (unpaired) electrons. The van der Waals surface area contributed by atoms with E-state index in [2.05, 4.69) is 26.5 Å². The number of nitrogens with zero attached hydrogens (tertiary/aromatic N) is 3. The minimum atomic E-state index is -0.446. The third-order valence-electron chi connectivity index (χ3n) is 5.39. The molecule has 0 saturated heterocycles. The molecule has 168 valence electrons. The number of rotatable bonds is 6. The Morgan fingerprint density at radius 2 is 1.91 bits per heavy atom. The van der Waals surface area contributed by atoms with E-state index in [9.17, 15) is 14.9 Å². The molecule has 2 aromatic heterocycles. The van der Waals surface area contributed by atoms with Crippen LogP contribution in [0.2, 0.25) is 0 Å². The quantitative estimate of drug-likeness (QED) is 0.173. The maximum Gasteiger partial charge on any atom is 0.307 e. The molecule has 3 aromatic carbocycles. The van der Waals surface area contributed by atoms with Crippen molar-refractivity contribution < 1.29 is 14.1 Å². The summed E-state index contributed by atoms with van der Waals surface area (Å²) in [7, 11) is 0. The number of furan rings is 1. The minimum absolute atomic E-state index is 0.0572. The Balaban J connectivity index is 1.36. The van der Waals surface area contributed by atoms with Crippen LogP contribution in [0.15, 0.2) is 93.0 Å². The van der Waals surface area contributed by atoms with Crippen LogP contribution in [0.1, 0.15) is 21.7 Å². The molecule has 0 atom stereocenters. The third kappa shape index (κ3) is 4.33. The summed E-state index contributed by atoms with van der Waals surface area (Å²) in [5, 5.41) is 16.8. The van der Waals surface area contributed by atoms with Gasteiger partial charge in [0, 0.05) is 51.2 Å². The molecule has 0 bridgehead atoms. The fourth-order valence-corrected chi connectivity index (χ4v) is 4.15. The van der Waals surface area contributed by atoms with Crippen molar-refractivity contribution in [2.24, 2.45) is 5.10 Å². The number of nitro groups is 1. The summed E-state index contributed by atoms with van der Waals surface area (Å²) in [4.78, 5) is 23.0. The lowest BCUT2D eigenvalue weighted by Gasteiger charge is -2.05. The molecule has 5 aromatic rings. The molecule has 0 unspecified atom stereocenters. The van der Waals surface area contributed by atoms with Crippen molar-refractivity contribution in [3.63, 3.8) is 0 Å². The largest absolute Gasteiger partial charge is 0.451 e. The van der Waals surface area contributed by atoms with E-state index in [0.717, 1.165) is 31.9 Å². The normalized spacial score (nSPS) is 11.4. The zero-order valence-electron chi connectivity index (χ0n) is 17.6. The summed E-state index contributed by atoms with van der Waals surface area (Å²) >= 11 is 3.40. The fraction of sp³-hybridized carbons (Fsp3) is 0.0400. The summed E-state index contributed by atoms with van der Waals surface area (Å²) in [6.45, 7) is 0.535. The van der Waals surface area contributed by atoms with Gasteiger partial charge in [-0.3, -0.25) is 14.9 Å². The van der Waals surface area contributed by atoms with Gasteiger partial charge in [-0.2, -0.15) is 5.10 Å². The van der Waals surface area contributed by atoms with Gasteiger partial charge in [0.05, 0.1) is 11.1 Å². The first-order valence-electron chi connectivity index (χ1n) is 10.3. The second kappa shape index (κ2) is 8.95. The standard InChI is InChI=1S/C25H17BrN4O4/c26-19-7-10-23-17(11-19)12-24(34-23)25(31)28-27-13-18-15-29(22-4-2-1-3-21(18)22)14-16-5-8-20(9-6-16)30(32)33/h1-13,15H,14H2,(H,28,31). The first-order valence-corrected chi connectivity index (χ1v) is 11.1. The highest BCUT2D eigenvalue weighted by Crippen LogP contribution is 2.24. The average Bonchev–Trinajstić information content (AvgIpc) is 3.41. The van der Waals surface area contributed by atoms with E-state index in [1.54, 1.807) is 30.5 Å². The molecule has 0 aliphatic rings. The molecular weight excluding hydrogens is 500 g/mol. The van der Waals surface area contributed by atoms with Crippen LogP contribution in [0.5, 0.6) is 0 Å². The van der Waals surface area contributed by atoms with E-state index in [4.69, 9.17) is 4.42 Å². The topological polar surface area (TPSA) is 103 Å². The van der Waals surface area contributed by atoms with Crippen molar-refractivity contribution in [2.75, 3.05) is 0 Å². The summed E-state index contributed by atoms with van der Waals surface area (Å²) < 4.78 is 8.54. The Kier molecular flexibility index (Phi) is 5.69. The number of carbonyl (C=O) groups excluding carboxylic acids is 1. The van der Waals surface area contributed by atoms with E-state index in [1.807, 2.05) is 47.2 Å². The number of hydrogen-bond donors (Lipinski definition) is 1. The lowest BCUT2D eigenvalue weighted by molar-refractivity contribution is -0.384. The number of hydrazone groups is 1. The zero-order chi connectivity index (χ0) is 23.7. The highest BCUT2D eigenvalue weighted by atomic mass is 79.9. The smallest absolute Gasteiger partial charge is 0.307 e.